The van der Waals surface area contributed by atoms with Gasteiger partial charge in [0.2, 0.25) is 0 Å². The van der Waals surface area contributed by atoms with Crippen molar-refractivity contribution in [2.45, 2.75) is 13.3 Å². The molecule has 5 nitrogen and oxygen atoms in total. The highest BCUT2D eigenvalue weighted by atomic mass is 16.5. The van der Waals surface area contributed by atoms with Crippen LogP contribution in [0.3, 0.4) is 0 Å². The number of rotatable bonds is 5. The summed E-state index contributed by atoms with van der Waals surface area (Å²) in [5.41, 5.74) is 1.17. The SMILES string of the molecule is CCc1nc(=O)oc2c(OCCOC)cccc12. The van der Waals surface area contributed by atoms with Gasteiger partial charge in [-0.15, -0.1) is 0 Å². The van der Waals surface area contributed by atoms with Crippen molar-refractivity contribution in [2.75, 3.05) is 20.3 Å². The minimum absolute atomic E-state index is 0.406. The van der Waals surface area contributed by atoms with Crippen LogP contribution in [0.2, 0.25) is 0 Å². The third-order valence-electron chi connectivity index (χ3n) is 2.59. The molecule has 18 heavy (non-hydrogen) atoms. The fraction of sp³-hybridized carbons (Fsp3) is 0.385. The number of hydrogen-bond donors (Lipinski definition) is 0. The van der Waals surface area contributed by atoms with Crippen molar-refractivity contribution >= 4 is 11.0 Å². The molecule has 96 valence electrons. The van der Waals surface area contributed by atoms with Crippen LogP contribution in [-0.4, -0.2) is 25.3 Å². The average Bonchev–Trinajstić information content (AvgIpc) is 2.38. The van der Waals surface area contributed by atoms with Gasteiger partial charge in [-0.3, -0.25) is 0 Å². The first-order chi connectivity index (χ1) is 8.76. The quantitative estimate of drug-likeness (QED) is 0.756. The van der Waals surface area contributed by atoms with E-state index < -0.39 is 5.76 Å². The summed E-state index contributed by atoms with van der Waals surface area (Å²) in [5, 5.41) is 0.812. The molecule has 0 N–H and O–H groups in total. The second kappa shape index (κ2) is 5.64. The van der Waals surface area contributed by atoms with Gasteiger partial charge in [0.15, 0.2) is 11.3 Å². The van der Waals surface area contributed by atoms with E-state index in [1.54, 1.807) is 13.2 Å². The summed E-state index contributed by atoms with van der Waals surface area (Å²) in [4.78, 5) is 15.2. The number of hydrogen-bond acceptors (Lipinski definition) is 5. The maximum atomic E-state index is 11.4. The van der Waals surface area contributed by atoms with E-state index in [9.17, 15) is 4.79 Å². The fourth-order valence-corrected chi connectivity index (χ4v) is 1.75. The topological polar surface area (TPSA) is 61.6 Å². The molecule has 0 bridgehead atoms. The number of para-hydroxylation sites is 1. The largest absolute Gasteiger partial charge is 0.487 e. The van der Waals surface area contributed by atoms with E-state index in [-0.39, 0.29) is 0 Å². The second-order valence-electron chi connectivity index (χ2n) is 3.75. The van der Waals surface area contributed by atoms with E-state index in [1.807, 2.05) is 19.1 Å². The monoisotopic (exact) mass is 249 g/mol. The maximum Gasteiger partial charge on any atom is 0.439 e. The first kappa shape index (κ1) is 12.6. The Bertz CT molecular complexity index is 591. The molecular formula is C13H15NO4. The number of aryl methyl sites for hydroxylation is 1. The van der Waals surface area contributed by atoms with Gasteiger partial charge in [0.05, 0.1) is 12.3 Å². The minimum Gasteiger partial charge on any atom is -0.487 e. The van der Waals surface area contributed by atoms with Gasteiger partial charge in [0.1, 0.15) is 6.61 Å². The fourth-order valence-electron chi connectivity index (χ4n) is 1.75. The molecule has 0 aliphatic carbocycles. The highest BCUT2D eigenvalue weighted by Gasteiger charge is 2.10. The highest BCUT2D eigenvalue weighted by molar-refractivity contribution is 5.84. The molecule has 0 radical (unpaired) electrons. The van der Waals surface area contributed by atoms with Gasteiger partial charge in [-0.1, -0.05) is 13.0 Å². The van der Waals surface area contributed by atoms with Crippen molar-refractivity contribution in [3.05, 3.63) is 34.4 Å². The summed E-state index contributed by atoms with van der Waals surface area (Å²) in [5.74, 6) is -0.0547. The summed E-state index contributed by atoms with van der Waals surface area (Å²) in [6.07, 6.45) is 0.670. The number of fused-ring (bicyclic) bond motifs is 1. The molecule has 1 heterocycles. The first-order valence-electron chi connectivity index (χ1n) is 5.80. The molecule has 1 aromatic heterocycles. The number of ether oxygens (including phenoxy) is 2. The minimum atomic E-state index is -0.595. The zero-order valence-electron chi connectivity index (χ0n) is 10.4. The maximum absolute atomic E-state index is 11.4. The van der Waals surface area contributed by atoms with Crippen LogP contribution < -0.4 is 10.5 Å². The molecule has 0 unspecified atom stereocenters. The van der Waals surface area contributed by atoms with Gasteiger partial charge in [0.25, 0.3) is 0 Å². The van der Waals surface area contributed by atoms with Crippen LogP contribution in [0.5, 0.6) is 5.75 Å². The Morgan fingerprint density at radius 2 is 2.17 bits per heavy atom. The van der Waals surface area contributed by atoms with Crippen molar-refractivity contribution in [3.8, 4) is 5.75 Å². The molecular weight excluding hydrogens is 234 g/mol. The van der Waals surface area contributed by atoms with Crippen molar-refractivity contribution in [2.24, 2.45) is 0 Å². The van der Waals surface area contributed by atoms with Gasteiger partial charge in [0, 0.05) is 12.5 Å². The van der Waals surface area contributed by atoms with Crippen molar-refractivity contribution in [1.82, 2.24) is 4.98 Å². The van der Waals surface area contributed by atoms with Gasteiger partial charge in [-0.25, -0.2) is 4.79 Å². The van der Waals surface area contributed by atoms with E-state index in [0.717, 1.165) is 11.1 Å². The molecule has 2 aromatic rings. The number of benzene rings is 1. The summed E-state index contributed by atoms with van der Waals surface area (Å²) in [6.45, 7) is 2.83. The Labute approximate surface area is 104 Å². The number of methoxy groups -OCH3 is 1. The lowest BCUT2D eigenvalue weighted by atomic mass is 10.1. The molecule has 1 aromatic carbocycles. The van der Waals surface area contributed by atoms with Crippen LogP contribution >= 0.6 is 0 Å². The van der Waals surface area contributed by atoms with Crippen LogP contribution in [0, 0.1) is 0 Å². The zero-order chi connectivity index (χ0) is 13.0. The molecule has 0 aliphatic heterocycles. The van der Waals surface area contributed by atoms with Crippen molar-refractivity contribution in [1.29, 1.82) is 0 Å². The highest BCUT2D eigenvalue weighted by Crippen LogP contribution is 2.25. The Morgan fingerprint density at radius 3 is 2.89 bits per heavy atom. The smallest absolute Gasteiger partial charge is 0.439 e. The van der Waals surface area contributed by atoms with Crippen LogP contribution in [0.15, 0.2) is 27.4 Å². The van der Waals surface area contributed by atoms with E-state index >= 15 is 0 Å². The third kappa shape index (κ3) is 2.51. The average molecular weight is 249 g/mol. The van der Waals surface area contributed by atoms with E-state index in [0.29, 0.717) is 31.0 Å². The van der Waals surface area contributed by atoms with E-state index in [2.05, 4.69) is 4.98 Å². The van der Waals surface area contributed by atoms with Crippen LogP contribution in [0.1, 0.15) is 12.6 Å². The number of nitrogens with zero attached hydrogens (tertiary/aromatic N) is 1. The lowest BCUT2D eigenvalue weighted by Gasteiger charge is -2.08. The predicted octanol–water partition coefficient (Wildman–Crippen LogP) is 1.78. The Balaban J connectivity index is 2.47. The normalized spacial score (nSPS) is 10.8. The molecule has 0 aliphatic rings. The lowest BCUT2D eigenvalue weighted by Crippen LogP contribution is -2.09. The summed E-state index contributed by atoms with van der Waals surface area (Å²) < 4.78 is 15.6. The molecule has 2 rings (SSSR count). The summed E-state index contributed by atoms with van der Waals surface area (Å²) in [6, 6.07) is 5.49. The standard InChI is InChI=1S/C13H15NO4/c1-3-10-9-5-4-6-11(17-8-7-16-2)12(9)18-13(15)14-10/h4-6H,3,7-8H2,1-2H3. The number of aromatic nitrogens is 1. The Kier molecular flexibility index (Phi) is 3.94. The third-order valence-corrected chi connectivity index (χ3v) is 2.59. The predicted molar refractivity (Wildman–Crippen MR) is 67.0 cm³/mol. The Hall–Kier alpha value is -1.88. The molecule has 5 heteroatoms. The molecule has 0 amide bonds. The molecule has 0 fully saturated rings. The first-order valence-corrected chi connectivity index (χ1v) is 5.80. The van der Waals surface area contributed by atoms with E-state index in [4.69, 9.17) is 13.9 Å². The Morgan fingerprint density at radius 1 is 1.33 bits per heavy atom. The molecule has 0 saturated carbocycles. The van der Waals surface area contributed by atoms with E-state index in [1.165, 1.54) is 0 Å². The zero-order valence-corrected chi connectivity index (χ0v) is 10.4. The van der Waals surface area contributed by atoms with Crippen LogP contribution in [0.4, 0.5) is 0 Å². The second-order valence-corrected chi connectivity index (χ2v) is 3.75. The molecule has 0 spiro atoms. The van der Waals surface area contributed by atoms with Crippen molar-refractivity contribution < 1.29 is 13.9 Å². The molecule has 0 saturated heterocycles. The van der Waals surface area contributed by atoms with Gasteiger partial charge < -0.3 is 13.9 Å². The van der Waals surface area contributed by atoms with Crippen molar-refractivity contribution in [3.63, 3.8) is 0 Å². The van der Waals surface area contributed by atoms with Gasteiger partial charge >= 0.3 is 5.76 Å². The summed E-state index contributed by atoms with van der Waals surface area (Å²) in [7, 11) is 1.60. The summed E-state index contributed by atoms with van der Waals surface area (Å²) >= 11 is 0. The lowest BCUT2D eigenvalue weighted by molar-refractivity contribution is 0.146. The molecule has 0 atom stereocenters. The van der Waals surface area contributed by atoms with Gasteiger partial charge in [-0.2, -0.15) is 4.98 Å². The van der Waals surface area contributed by atoms with Gasteiger partial charge in [-0.05, 0) is 18.6 Å². The van der Waals surface area contributed by atoms with Crippen LogP contribution in [0.25, 0.3) is 11.0 Å². The van der Waals surface area contributed by atoms with Crippen LogP contribution in [-0.2, 0) is 11.2 Å².